The molecule has 0 radical (unpaired) electrons. The predicted molar refractivity (Wildman–Crippen MR) is 68.0 cm³/mol. The number of carboxylic acid groups (broad SMARTS) is 1. The van der Waals surface area contributed by atoms with Crippen molar-refractivity contribution >= 4 is 18.1 Å². The molecule has 98 valence electrons. The van der Waals surface area contributed by atoms with Gasteiger partial charge in [-0.3, -0.25) is 0 Å². The second-order valence-corrected chi connectivity index (χ2v) is 3.32. The number of nitrogens with one attached hydrogen (secondary N) is 1. The molecule has 6 heteroatoms. The minimum absolute atomic E-state index is 0. The van der Waals surface area contributed by atoms with Gasteiger partial charge in [-0.25, -0.2) is 10.3 Å². The molecule has 0 aliphatic rings. The third-order valence-corrected chi connectivity index (χ3v) is 2.04. The standard InChI is InChI=1S/C13H11NO2.CH2O2.Na/c15-13(11-7-3-1-4-8-11)16-14-12-9-5-2-6-10-12;2-1-3;/h1-10,14H;1H,(H,2,3);/q;;+1/p-1. The minimum Gasteiger partial charge on any atom is -0.554 e. The summed E-state index contributed by atoms with van der Waals surface area (Å²) < 4.78 is 0. The van der Waals surface area contributed by atoms with Crippen LogP contribution in [0.25, 0.3) is 0 Å². The largest absolute Gasteiger partial charge is 1.00 e. The molecule has 0 aliphatic heterocycles. The Balaban J connectivity index is 0.000000830. The third kappa shape index (κ3) is 6.94. The predicted octanol–water partition coefficient (Wildman–Crippen LogP) is -1.76. The van der Waals surface area contributed by atoms with E-state index in [2.05, 4.69) is 5.48 Å². The van der Waals surface area contributed by atoms with Gasteiger partial charge in [0.05, 0.1) is 11.3 Å². The van der Waals surface area contributed by atoms with E-state index in [4.69, 9.17) is 14.7 Å². The number of carbonyl (C=O) groups is 2. The first-order chi connectivity index (χ1) is 9.27. The summed E-state index contributed by atoms with van der Waals surface area (Å²) in [6.45, 7) is -0.500. The molecule has 0 amide bonds. The smallest absolute Gasteiger partial charge is 0.554 e. The molecule has 0 fully saturated rings. The van der Waals surface area contributed by atoms with E-state index in [-0.39, 0.29) is 29.6 Å². The van der Waals surface area contributed by atoms with Crippen LogP contribution in [0, 0.1) is 0 Å². The molecule has 20 heavy (non-hydrogen) atoms. The molecule has 0 atom stereocenters. The van der Waals surface area contributed by atoms with E-state index in [0.717, 1.165) is 5.69 Å². The molecule has 1 N–H and O–H groups in total. The summed E-state index contributed by atoms with van der Waals surface area (Å²) >= 11 is 0. The van der Waals surface area contributed by atoms with Gasteiger partial charge in [-0.2, -0.15) is 0 Å². The molecule has 0 aromatic heterocycles. The summed E-state index contributed by atoms with van der Waals surface area (Å²) in [5, 5.41) is 8.25. The van der Waals surface area contributed by atoms with Gasteiger partial charge in [0.25, 0.3) is 0 Å². The number of hydrogen-bond donors (Lipinski definition) is 1. The topological polar surface area (TPSA) is 78.5 Å². The van der Waals surface area contributed by atoms with Crippen LogP contribution < -0.4 is 40.1 Å². The second kappa shape index (κ2) is 11.0. The maximum atomic E-state index is 11.5. The second-order valence-electron chi connectivity index (χ2n) is 3.32. The van der Waals surface area contributed by atoms with E-state index in [1.165, 1.54) is 0 Å². The normalized spacial score (nSPS) is 8.20. The summed E-state index contributed by atoms with van der Waals surface area (Å²) in [6, 6.07) is 18.1. The summed E-state index contributed by atoms with van der Waals surface area (Å²) in [4.78, 5) is 24.7. The fraction of sp³-hybridized carbons (Fsp3) is 0. The van der Waals surface area contributed by atoms with Crippen LogP contribution in [0.4, 0.5) is 5.69 Å². The van der Waals surface area contributed by atoms with Gasteiger partial charge in [0.2, 0.25) is 0 Å². The van der Waals surface area contributed by atoms with Crippen molar-refractivity contribution in [2.75, 3.05) is 5.48 Å². The van der Waals surface area contributed by atoms with Crippen LogP contribution in [-0.4, -0.2) is 12.4 Å². The molecule has 0 heterocycles. The van der Waals surface area contributed by atoms with Crippen LogP contribution >= 0.6 is 0 Å². The summed E-state index contributed by atoms with van der Waals surface area (Å²) in [7, 11) is 0. The molecule has 0 saturated carbocycles. The van der Waals surface area contributed by atoms with Crippen molar-refractivity contribution in [3.8, 4) is 0 Å². The molecular weight excluding hydrogens is 269 g/mol. The van der Waals surface area contributed by atoms with Crippen molar-refractivity contribution < 1.29 is 49.1 Å². The molecule has 0 unspecified atom stereocenters. The Labute approximate surface area is 138 Å². The van der Waals surface area contributed by atoms with E-state index in [1.807, 2.05) is 36.4 Å². The zero-order valence-corrected chi connectivity index (χ0v) is 13.0. The molecule has 0 bridgehead atoms. The van der Waals surface area contributed by atoms with E-state index in [0.29, 0.717) is 5.56 Å². The van der Waals surface area contributed by atoms with Gasteiger partial charge in [0.1, 0.15) is 0 Å². The van der Waals surface area contributed by atoms with Gasteiger partial charge in [0, 0.05) is 6.47 Å². The zero-order chi connectivity index (χ0) is 13.9. The van der Waals surface area contributed by atoms with Gasteiger partial charge in [0.15, 0.2) is 0 Å². The molecular formula is C14H12NNaO4. The Kier molecular flexibility index (Phi) is 10.0. The van der Waals surface area contributed by atoms with Gasteiger partial charge in [-0.1, -0.05) is 36.4 Å². The fourth-order valence-corrected chi connectivity index (χ4v) is 1.24. The summed E-state index contributed by atoms with van der Waals surface area (Å²) in [5.74, 6) is -0.399. The Bertz CT molecular complexity index is 505. The average Bonchev–Trinajstić information content (AvgIpc) is 2.47. The van der Waals surface area contributed by atoms with Gasteiger partial charge in [-0.15, -0.1) is 0 Å². The van der Waals surface area contributed by atoms with Crippen molar-refractivity contribution in [3.63, 3.8) is 0 Å². The molecule has 0 spiro atoms. The van der Waals surface area contributed by atoms with Gasteiger partial charge in [-0.05, 0) is 24.3 Å². The Morgan fingerprint density at radius 2 is 1.45 bits per heavy atom. The molecule has 5 nitrogen and oxygen atoms in total. The van der Waals surface area contributed by atoms with Crippen molar-refractivity contribution in [2.24, 2.45) is 0 Å². The third-order valence-electron chi connectivity index (χ3n) is 2.04. The number of para-hydroxylation sites is 1. The van der Waals surface area contributed by atoms with E-state index < -0.39 is 12.4 Å². The van der Waals surface area contributed by atoms with Crippen LogP contribution in [-0.2, 0) is 9.63 Å². The van der Waals surface area contributed by atoms with Crippen LogP contribution in [0.15, 0.2) is 60.7 Å². The fourth-order valence-electron chi connectivity index (χ4n) is 1.24. The number of rotatable bonds is 3. The Hall–Kier alpha value is -1.82. The summed E-state index contributed by atoms with van der Waals surface area (Å²) in [6.07, 6.45) is 0. The molecule has 2 aromatic carbocycles. The van der Waals surface area contributed by atoms with E-state index >= 15 is 0 Å². The molecule has 0 saturated heterocycles. The van der Waals surface area contributed by atoms with Crippen LogP contribution in [0.1, 0.15) is 10.4 Å². The molecule has 2 aromatic rings. The first kappa shape index (κ1) is 18.2. The van der Waals surface area contributed by atoms with E-state index in [1.54, 1.807) is 24.3 Å². The van der Waals surface area contributed by atoms with E-state index in [9.17, 15) is 4.79 Å². The number of carbonyl (C=O) groups excluding carboxylic acids is 2. The summed E-state index contributed by atoms with van der Waals surface area (Å²) in [5.41, 5.74) is 3.86. The average molecular weight is 281 g/mol. The van der Waals surface area contributed by atoms with Crippen LogP contribution in [0.2, 0.25) is 0 Å². The van der Waals surface area contributed by atoms with Gasteiger partial charge >= 0.3 is 35.5 Å². The SMILES string of the molecule is O=C(ONc1ccccc1)c1ccccc1.O=C[O-].[Na+]. The molecule has 2 rings (SSSR count). The van der Waals surface area contributed by atoms with Crippen molar-refractivity contribution in [1.82, 2.24) is 0 Å². The maximum Gasteiger partial charge on any atom is 1.00 e. The zero-order valence-electron chi connectivity index (χ0n) is 11.0. The number of anilines is 1. The first-order valence-corrected chi connectivity index (χ1v) is 5.41. The number of benzene rings is 2. The monoisotopic (exact) mass is 281 g/mol. The first-order valence-electron chi connectivity index (χ1n) is 5.41. The Morgan fingerprint density at radius 1 is 1.00 bits per heavy atom. The Morgan fingerprint density at radius 3 is 1.95 bits per heavy atom. The van der Waals surface area contributed by atoms with Crippen LogP contribution in [0.5, 0.6) is 0 Å². The molecule has 0 aliphatic carbocycles. The minimum atomic E-state index is -0.500. The quantitative estimate of drug-likeness (QED) is 0.410. The van der Waals surface area contributed by atoms with Crippen LogP contribution in [0.3, 0.4) is 0 Å². The van der Waals surface area contributed by atoms with Gasteiger partial charge < -0.3 is 14.7 Å². The van der Waals surface area contributed by atoms with Crippen molar-refractivity contribution in [1.29, 1.82) is 0 Å². The maximum absolute atomic E-state index is 11.5. The van der Waals surface area contributed by atoms with Crippen molar-refractivity contribution in [3.05, 3.63) is 66.2 Å². The number of hydrogen-bond acceptors (Lipinski definition) is 5. The van der Waals surface area contributed by atoms with Crippen molar-refractivity contribution in [2.45, 2.75) is 0 Å².